The van der Waals surface area contributed by atoms with E-state index < -0.39 is 0 Å². The topological polar surface area (TPSA) is 67.3 Å². The highest BCUT2D eigenvalue weighted by molar-refractivity contribution is 5.84. The smallest absolute Gasteiger partial charge is 0.244 e. The van der Waals surface area contributed by atoms with Crippen molar-refractivity contribution in [1.82, 2.24) is 20.2 Å². The van der Waals surface area contributed by atoms with Crippen molar-refractivity contribution in [1.29, 1.82) is 0 Å². The predicted octanol–water partition coefficient (Wildman–Crippen LogP) is 0.896. The van der Waals surface area contributed by atoms with Crippen LogP contribution in [0.3, 0.4) is 0 Å². The van der Waals surface area contributed by atoms with Crippen LogP contribution in [0.2, 0.25) is 0 Å². The van der Waals surface area contributed by atoms with Gasteiger partial charge in [0.2, 0.25) is 5.91 Å². The monoisotopic (exact) mass is 290 g/mol. The van der Waals surface area contributed by atoms with E-state index in [2.05, 4.69) is 22.2 Å². The summed E-state index contributed by atoms with van der Waals surface area (Å²) >= 11 is 0. The van der Waals surface area contributed by atoms with Gasteiger partial charge in [-0.2, -0.15) is 0 Å². The maximum Gasteiger partial charge on any atom is 0.244 e. The number of carbonyl (C=O) groups excluding carboxylic acids is 1. The van der Waals surface area contributed by atoms with E-state index in [-0.39, 0.29) is 17.4 Å². The first-order valence-corrected chi connectivity index (χ1v) is 7.43. The van der Waals surface area contributed by atoms with Gasteiger partial charge in [-0.1, -0.05) is 6.92 Å². The predicted molar refractivity (Wildman–Crippen MR) is 77.4 cm³/mol. The number of carbonyl (C=O) groups is 1. The lowest BCUT2D eigenvalue weighted by Gasteiger charge is -2.39. The van der Waals surface area contributed by atoms with Crippen molar-refractivity contribution in [2.75, 3.05) is 26.8 Å². The first-order chi connectivity index (χ1) is 10.1. The van der Waals surface area contributed by atoms with Gasteiger partial charge in [0, 0.05) is 38.5 Å². The number of ether oxygens (including phenoxy) is 1. The lowest BCUT2D eigenvalue weighted by Crippen LogP contribution is -2.46. The number of nitrogens with zero attached hydrogens (tertiary/aromatic N) is 3. The lowest BCUT2D eigenvalue weighted by atomic mass is 9.81. The summed E-state index contributed by atoms with van der Waals surface area (Å²) in [6.45, 7) is 5.21. The number of aromatic nitrogens is 2. The Balaban J connectivity index is 1.66. The van der Waals surface area contributed by atoms with E-state index in [1.165, 1.54) is 6.33 Å². The van der Waals surface area contributed by atoms with Crippen LogP contribution in [0.15, 0.2) is 12.5 Å². The minimum atomic E-state index is -0.284. The molecule has 1 fully saturated rings. The molecule has 1 amide bonds. The zero-order valence-electron chi connectivity index (χ0n) is 12.6. The van der Waals surface area contributed by atoms with Gasteiger partial charge >= 0.3 is 0 Å². The molecule has 1 N–H and O–H groups in total. The molecule has 0 spiro atoms. The van der Waals surface area contributed by atoms with E-state index in [4.69, 9.17) is 4.74 Å². The van der Waals surface area contributed by atoms with Crippen molar-refractivity contribution in [3.8, 4) is 0 Å². The number of fused-ring (bicyclic) bond motifs is 1. The third-order valence-corrected chi connectivity index (χ3v) is 4.63. The molecule has 2 aliphatic rings. The highest BCUT2D eigenvalue weighted by Crippen LogP contribution is 2.33. The molecular formula is C15H22N4O2. The Labute approximate surface area is 124 Å². The van der Waals surface area contributed by atoms with E-state index in [0.717, 1.165) is 43.8 Å². The van der Waals surface area contributed by atoms with E-state index >= 15 is 0 Å². The Morgan fingerprint density at radius 2 is 2.29 bits per heavy atom. The van der Waals surface area contributed by atoms with Gasteiger partial charge in [-0.05, 0) is 18.3 Å². The van der Waals surface area contributed by atoms with Crippen molar-refractivity contribution in [3.05, 3.63) is 23.8 Å². The molecule has 0 saturated carbocycles. The molecule has 3 rings (SSSR count). The average molecular weight is 290 g/mol. The summed E-state index contributed by atoms with van der Waals surface area (Å²) in [5.41, 5.74) is 2.05. The Morgan fingerprint density at radius 1 is 1.52 bits per heavy atom. The molecule has 6 heteroatoms. The molecule has 1 aromatic rings. The van der Waals surface area contributed by atoms with Crippen LogP contribution in [0, 0.1) is 5.41 Å². The zero-order chi connectivity index (χ0) is 14.9. The third kappa shape index (κ3) is 2.78. The molecule has 1 aromatic heterocycles. The van der Waals surface area contributed by atoms with Gasteiger partial charge in [0.05, 0.1) is 12.3 Å². The Bertz CT molecular complexity index is 526. The number of amides is 1. The Hall–Kier alpha value is -1.53. The molecular weight excluding hydrogens is 268 g/mol. The molecule has 3 heterocycles. The van der Waals surface area contributed by atoms with Crippen LogP contribution < -0.4 is 5.32 Å². The molecule has 1 saturated heterocycles. The average Bonchev–Trinajstić information content (AvgIpc) is 2.91. The van der Waals surface area contributed by atoms with E-state index in [0.29, 0.717) is 6.54 Å². The van der Waals surface area contributed by atoms with Gasteiger partial charge in [0.15, 0.2) is 0 Å². The SMILES string of the molecule is COCC1(C)CCN(C(=O)[C@@H]2NCc3ncncc32)CC1. The minimum Gasteiger partial charge on any atom is -0.384 e. The molecule has 2 aliphatic heterocycles. The van der Waals surface area contributed by atoms with Gasteiger partial charge in [0.1, 0.15) is 12.4 Å². The van der Waals surface area contributed by atoms with Crippen LogP contribution in [0.25, 0.3) is 0 Å². The standard InChI is InChI=1S/C15H22N4O2/c1-15(9-21-2)3-5-19(6-4-15)14(20)13-11-7-16-10-18-12(11)8-17-13/h7,10,13,17H,3-6,8-9H2,1-2H3/t13-/m1/s1. The Kier molecular flexibility index (Phi) is 3.91. The number of hydrogen-bond acceptors (Lipinski definition) is 5. The first-order valence-electron chi connectivity index (χ1n) is 7.43. The quantitative estimate of drug-likeness (QED) is 0.895. The molecule has 0 aliphatic carbocycles. The highest BCUT2D eigenvalue weighted by Gasteiger charge is 2.37. The highest BCUT2D eigenvalue weighted by atomic mass is 16.5. The van der Waals surface area contributed by atoms with Crippen molar-refractivity contribution in [3.63, 3.8) is 0 Å². The Morgan fingerprint density at radius 3 is 3.00 bits per heavy atom. The molecule has 1 atom stereocenters. The van der Waals surface area contributed by atoms with Crippen molar-refractivity contribution < 1.29 is 9.53 Å². The second-order valence-corrected chi connectivity index (χ2v) is 6.31. The zero-order valence-corrected chi connectivity index (χ0v) is 12.6. The molecule has 114 valence electrons. The van der Waals surface area contributed by atoms with Crippen LogP contribution in [0.4, 0.5) is 0 Å². The molecule has 0 radical (unpaired) electrons. The lowest BCUT2D eigenvalue weighted by molar-refractivity contribution is -0.136. The van der Waals surface area contributed by atoms with Crippen LogP contribution in [0.1, 0.15) is 37.1 Å². The summed E-state index contributed by atoms with van der Waals surface area (Å²) in [5.74, 6) is 0.142. The van der Waals surface area contributed by atoms with Crippen molar-refractivity contribution >= 4 is 5.91 Å². The van der Waals surface area contributed by atoms with Gasteiger partial charge < -0.3 is 9.64 Å². The number of likely N-dealkylation sites (tertiary alicyclic amines) is 1. The summed E-state index contributed by atoms with van der Waals surface area (Å²) < 4.78 is 5.29. The number of methoxy groups -OCH3 is 1. The summed E-state index contributed by atoms with van der Waals surface area (Å²) in [7, 11) is 1.74. The second-order valence-electron chi connectivity index (χ2n) is 6.31. The van der Waals surface area contributed by atoms with E-state index in [9.17, 15) is 4.79 Å². The number of rotatable bonds is 3. The summed E-state index contributed by atoms with van der Waals surface area (Å²) in [5, 5.41) is 3.25. The number of hydrogen-bond donors (Lipinski definition) is 1. The van der Waals surface area contributed by atoms with Crippen LogP contribution >= 0.6 is 0 Å². The summed E-state index contributed by atoms with van der Waals surface area (Å²) in [6.07, 6.45) is 5.25. The fourth-order valence-corrected chi connectivity index (χ4v) is 3.23. The van der Waals surface area contributed by atoms with Crippen molar-refractivity contribution in [2.45, 2.75) is 32.4 Å². The number of nitrogens with one attached hydrogen (secondary N) is 1. The van der Waals surface area contributed by atoms with Crippen LogP contribution in [0.5, 0.6) is 0 Å². The summed E-state index contributed by atoms with van der Waals surface area (Å²) in [6, 6.07) is -0.284. The maximum absolute atomic E-state index is 12.7. The molecule has 0 unspecified atom stereocenters. The maximum atomic E-state index is 12.7. The van der Waals surface area contributed by atoms with Crippen molar-refractivity contribution in [2.24, 2.45) is 5.41 Å². The number of piperidine rings is 1. The van der Waals surface area contributed by atoms with Gasteiger partial charge in [-0.25, -0.2) is 9.97 Å². The van der Waals surface area contributed by atoms with Gasteiger partial charge in [0.25, 0.3) is 0 Å². The molecule has 0 aromatic carbocycles. The second kappa shape index (κ2) is 5.69. The summed E-state index contributed by atoms with van der Waals surface area (Å²) in [4.78, 5) is 22.9. The van der Waals surface area contributed by atoms with Crippen LogP contribution in [-0.2, 0) is 16.1 Å². The molecule has 21 heavy (non-hydrogen) atoms. The third-order valence-electron chi connectivity index (χ3n) is 4.63. The van der Waals surface area contributed by atoms with E-state index in [1.54, 1.807) is 13.3 Å². The molecule has 0 bridgehead atoms. The van der Waals surface area contributed by atoms with E-state index in [1.807, 2.05) is 4.90 Å². The fourth-order valence-electron chi connectivity index (χ4n) is 3.23. The largest absolute Gasteiger partial charge is 0.384 e. The van der Waals surface area contributed by atoms with Gasteiger partial charge in [-0.15, -0.1) is 0 Å². The van der Waals surface area contributed by atoms with Crippen LogP contribution in [-0.4, -0.2) is 47.6 Å². The molecule has 6 nitrogen and oxygen atoms in total. The minimum absolute atomic E-state index is 0.142. The first kappa shape index (κ1) is 14.4. The fraction of sp³-hybridized carbons (Fsp3) is 0.667. The van der Waals surface area contributed by atoms with Gasteiger partial charge in [-0.3, -0.25) is 10.1 Å². The normalized spacial score (nSPS) is 23.9.